The first-order valence-electron chi connectivity index (χ1n) is 8.68. The van der Waals surface area contributed by atoms with E-state index < -0.39 is 11.7 Å². The molecule has 0 radical (unpaired) electrons. The highest BCUT2D eigenvalue weighted by Gasteiger charge is 2.28. The molecule has 2 aromatic rings. The maximum atomic E-state index is 13.3. The lowest BCUT2D eigenvalue weighted by atomic mass is 10.0. The first kappa shape index (κ1) is 18.5. The number of nitrogens with one attached hydrogen (secondary N) is 1. The highest BCUT2D eigenvalue weighted by Crippen LogP contribution is 2.30. The average molecular weight is 375 g/mol. The molecule has 7 heteroatoms. The summed E-state index contributed by atoms with van der Waals surface area (Å²) in [5, 5.41) is 3.32. The van der Waals surface area contributed by atoms with Crippen molar-refractivity contribution in [2.24, 2.45) is 5.73 Å². The van der Waals surface area contributed by atoms with Crippen LogP contribution >= 0.6 is 11.3 Å². The number of carbonyl (C=O) groups is 2. The summed E-state index contributed by atoms with van der Waals surface area (Å²) in [6.07, 6.45) is 3.00. The number of carbonyl (C=O) groups excluding carboxylic acids is 2. The van der Waals surface area contributed by atoms with Crippen LogP contribution in [0, 0.1) is 12.7 Å². The van der Waals surface area contributed by atoms with Gasteiger partial charge in [0.1, 0.15) is 5.82 Å². The van der Waals surface area contributed by atoms with Crippen molar-refractivity contribution in [2.45, 2.75) is 32.2 Å². The molecule has 1 aliphatic heterocycles. The molecule has 2 heterocycles. The molecule has 2 amide bonds. The van der Waals surface area contributed by atoms with Gasteiger partial charge in [0.25, 0.3) is 11.8 Å². The molecule has 138 valence electrons. The van der Waals surface area contributed by atoms with Crippen molar-refractivity contribution in [3.63, 3.8) is 0 Å². The molecule has 3 N–H and O–H groups in total. The number of rotatable bonds is 4. The molecule has 0 bridgehead atoms. The number of piperidine rings is 1. The third kappa shape index (κ3) is 3.94. The number of hydrogen-bond acceptors (Lipinski definition) is 4. The minimum absolute atomic E-state index is 0.0334. The van der Waals surface area contributed by atoms with E-state index in [0.29, 0.717) is 23.0 Å². The van der Waals surface area contributed by atoms with Gasteiger partial charge in [0.15, 0.2) is 0 Å². The minimum atomic E-state index is -0.464. The minimum Gasteiger partial charge on any atom is -0.334 e. The molecule has 1 saturated heterocycles. The first-order valence-corrected chi connectivity index (χ1v) is 9.49. The maximum absolute atomic E-state index is 13.3. The van der Waals surface area contributed by atoms with Crippen molar-refractivity contribution >= 4 is 28.2 Å². The molecule has 1 aliphatic rings. The number of benzene rings is 1. The summed E-state index contributed by atoms with van der Waals surface area (Å²) in [6, 6.07) is 7.35. The van der Waals surface area contributed by atoms with Gasteiger partial charge in [-0.25, -0.2) is 4.39 Å². The van der Waals surface area contributed by atoms with Gasteiger partial charge in [0, 0.05) is 24.7 Å². The normalized spacial score (nSPS) is 17.2. The van der Waals surface area contributed by atoms with E-state index in [4.69, 9.17) is 5.73 Å². The smallest absolute Gasteiger partial charge is 0.264 e. The van der Waals surface area contributed by atoms with Gasteiger partial charge in [-0.3, -0.25) is 9.59 Å². The standard InChI is InChI=1S/C19H22FN3O2S/c1-12-9-16(22-18(24)13-5-4-6-14(20)10-13)26-17(12)19(25)23-8-3-2-7-15(23)11-21/h4-6,9-10,15H,2-3,7-8,11,21H2,1H3,(H,22,24). The number of nitrogens with zero attached hydrogens (tertiary/aromatic N) is 1. The Labute approximate surface area is 156 Å². The molecule has 0 spiro atoms. The number of nitrogens with two attached hydrogens (primary N) is 1. The number of aryl methyl sites for hydroxylation is 1. The summed E-state index contributed by atoms with van der Waals surface area (Å²) in [4.78, 5) is 27.7. The van der Waals surface area contributed by atoms with Crippen LogP contribution in [0.5, 0.6) is 0 Å². The highest BCUT2D eigenvalue weighted by atomic mass is 32.1. The maximum Gasteiger partial charge on any atom is 0.264 e. The second kappa shape index (κ2) is 7.97. The van der Waals surface area contributed by atoms with Crippen molar-refractivity contribution < 1.29 is 14.0 Å². The largest absolute Gasteiger partial charge is 0.334 e. The molecule has 1 fully saturated rings. The molecule has 1 unspecified atom stereocenters. The van der Waals surface area contributed by atoms with E-state index in [1.165, 1.54) is 29.5 Å². The summed E-state index contributed by atoms with van der Waals surface area (Å²) >= 11 is 1.24. The first-order chi connectivity index (χ1) is 12.5. The number of thiophene rings is 1. The van der Waals surface area contributed by atoms with Gasteiger partial charge in [-0.15, -0.1) is 11.3 Å². The summed E-state index contributed by atoms with van der Waals surface area (Å²) in [5.41, 5.74) is 6.87. The van der Waals surface area contributed by atoms with E-state index in [9.17, 15) is 14.0 Å². The van der Waals surface area contributed by atoms with E-state index >= 15 is 0 Å². The molecule has 5 nitrogen and oxygen atoms in total. The van der Waals surface area contributed by atoms with Crippen LogP contribution < -0.4 is 11.1 Å². The lowest BCUT2D eigenvalue weighted by molar-refractivity contribution is 0.0627. The van der Waals surface area contributed by atoms with E-state index in [-0.39, 0.29) is 17.5 Å². The van der Waals surface area contributed by atoms with Crippen LogP contribution in [0.3, 0.4) is 0 Å². The van der Waals surface area contributed by atoms with E-state index in [1.807, 2.05) is 11.8 Å². The van der Waals surface area contributed by atoms with Gasteiger partial charge in [-0.2, -0.15) is 0 Å². The van der Waals surface area contributed by atoms with Crippen LogP contribution in [0.25, 0.3) is 0 Å². The third-order valence-corrected chi connectivity index (χ3v) is 5.74. The molecule has 0 aliphatic carbocycles. The summed E-state index contributed by atoms with van der Waals surface area (Å²) in [5.74, 6) is -0.898. The van der Waals surface area contributed by atoms with Crippen LogP contribution in [0.15, 0.2) is 30.3 Å². The molecule has 1 atom stereocenters. The Hall–Kier alpha value is -2.25. The number of amides is 2. The Morgan fingerprint density at radius 1 is 1.35 bits per heavy atom. The number of anilines is 1. The van der Waals surface area contributed by atoms with E-state index in [0.717, 1.165) is 24.8 Å². The molecular weight excluding hydrogens is 353 g/mol. The summed E-state index contributed by atoms with van der Waals surface area (Å²) in [7, 11) is 0. The van der Waals surface area contributed by atoms with Gasteiger partial charge in [-0.1, -0.05) is 6.07 Å². The van der Waals surface area contributed by atoms with Gasteiger partial charge in [0.2, 0.25) is 0 Å². The van der Waals surface area contributed by atoms with Crippen molar-refractivity contribution in [3.8, 4) is 0 Å². The molecule has 26 heavy (non-hydrogen) atoms. The van der Waals surface area contributed by atoms with Gasteiger partial charge < -0.3 is 16.0 Å². The number of halogens is 1. The van der Waals surface area contributed by atoms with E-state index in [2.05, 4.69) is 5.32 Å². The Kier molecular flexibility index (Phi) is 5.68. The Bertz CT molecular complexity index is 821. The van der Waals surface area contributed by atoms with Gasteiger partial charge >= 0.3 is 0 Å². The number of likely N-dealkylation sites (tertiary alicyclic amines) is 1. The van der Waals surface area contributed by atoms with Crippen molar-refractivity contribution in [2.75, 3.05) is 18.4 Å². The van der Waals surface area contributed by atoms with Crippen molar-refractivity contribution in [3.05, 3.63) is 52.2 Å². The lowest BCUT2D eigenvalue weighted by Gasteiger charge is -2.34. The molecular formula is C19H22FN3O2S. The van der Waals surface area contributed by atoms with Crippen LogP contribution in [-0.2, 0) is 0 Å². The Morgan fingerprint density at radius 2 is 2.15 bits per heavy atom. The Morgan fingerprint density at radius 3 is 2.88 bits per heavy atom. The molecule has 1 aromatic heterocycles. The van der Waals surface area contributed by atoms with Crippen LogP contribution in [-0.4, -0.2) is 35.8 Å². The topological polar surface area (TPSA) is 75.4 Å². The van der Waals surface area contributed by atoms with Crippen molar-refractivity contribution in [1.82, 2.24) is 4.90 Å². The summed E-state index contributed by atoms with van der Waals surface area (Å²) < 4.78 is 13.3. The quantitative estimate of drug-likeness (QED) is 0.860. The van der Waals surface area contributed by atoms with Crippen LogP contribution in [0.1, 0.15) is 44.9 Å². The third-order valence-electron chi connectivity index (χ3n) is 4.60. The van der Waals surface area contributed by atoms with Gasteiger partial charge in [-0.05, 0) is 56.0 Å². The molecule has 0 saturated carbocycles. The average Bonchev–Trinajstić information content (AvgIpc) is 3.01. The van der Waals surface area contributed by atoms with Crippen molar-refractivity contribution in [1.29, 1.82) is 0 Å². The monoisotopic (exact) mass is 375 g/mol. The highest BCUT2D eigenvalue weighted by molar-refractivity contribution is 7.18. The molecule has 1 aromatic carbocycles. The zero-order valence-electron chi connectivity index (χ0n) is 14.6. The SMILES string of the molecule is Cc1cc(NC(=O)c2cccc(F)c2)sc1C(=O)N1CCCCC1CN. The predicted octanol–water partition coefficient (Wildman–Crippen LogP) is 3.40. The summed E-state index contributed by atoms with van der Waals surface area (Å²) in [6.45, 7) is 3.02. The fourth-order valence-corrected chi connectivity index (χ4v) is 4.24. The second-order valence-corrected chi connectivity index (χ2v) is 7.52. The Balaban J connectivity index is 1.76. The van der Waals surface area contributed by atoms with Crippen LogP contribution in [0.2, 0.25) is 0 Å². The zero-order valence-corrected chi connectivity index (χ0v) is 15.4. The fourth-order valence-electron chi connectivity index (χ4n) is 3.21. The fraction of sp³-hybridized carbons (Fsp3) is 0.368. The lowest BCUT2D eigenvalue weighted by Crippen LogP contribution is -2.47. The zero-order chi connectivity index (χ0) is 18.7. The van der Waals surface area contributed by atoms with Gasteiger partial charge in [0.05, 0.1) is 9.88 Å². The van der Waals surface area contributed by atoms with Crippen LogP contribution in [0.4, 0.5) is 9.39 Å². The number of hydrogen-bond donors (Lipinski definition) is 2. The van der Waals surface area contributed by atoms with E-state index in [1.54, 1.807) is 12.1 Å². The second-order valence-electron chi connectivity index (χ2n) is 6.47. The molecule has 3 rings (SSSR count). The predicted molar refractivity (Wildman–Crippen MR) is 101 cm³/mol.